The Labute approximate surface area is 220 Å². The van der Waals surface area contributed by atoms with E-state index in [4.69, 9.17) is 15.2 Å². The fourth-order valence-corrected chi connectivity index (χ4v) is 3.42. The minimum Gasteiger partial charge on any atom is -0.457 e. The van der Waals surface area contributed by atoms with Crippen LogP contribution in [-0.4, -0.2) is 41.4 Å². The zero-order valence-electron chi connectivity index (χ0n) is 21.0. The van der Waals surface area contributed by atoms with E-state index in [1.807, 2.05) is 79.7 Å². The second-order valence-electron chi connectivity index (χ2n) is 8.45. The van der Waals surface area contributed by atoms with Crippen LogP contribution in [-0.2, 0) is 4.79 Å². The first-order valence-corrected chi connectivity index (χ1v) is 11.7. The number of likely N-dealkylation sites (N-methyl/N-ethyl adjacent to an activating group) is 1. The van der Waals surface area contributed by atoms with Gasteiger partial charge in [-0.3, -0.25) is 4.79 Å². The quantitative estimate of drug-likeness (QED) is 0.232. The van der Waals surface area contributed by atoms with Crippen LogP contribution in [0, 0.1) is 11.3 Å². The Morgan fingerprint density at radius 2 is 1.58 bits per heavy atom. The monoisotopic (exact) mass is 506 g/mol. The molecule has 0 unspecified atom stereocenters. The standard InChI is InChI=1S/C29H26N6O3/c1-35(2)17-16-21(18-30)28(36)34-22-10-14-25(15-11-22)38-29-26(27(31)32-19-33-29)20-8-12-24(13-9-20)37-23-6-4-3-5-7-23/h3-16,19H,17H2,1-2H3,(H,34,36)(H2,31,32,33)/b21-16+. The summed E-state index contributed by atoms with van der Waals surface area (Å²) in [6.45, 7) is 0.482. The van der Waals surface area contributed by atoms with Crippen LogP contribution in [0.2, 0.25) is 0 Å². The van der Waals surface area contributed by atoms with Gasteiger partial charge in [0.2, 0.25) is 5.88 Å². The van der Waals surface area contributed by atoms with E-state index < -0.39 is 5.91 Å². The summed E-state index contributed by atoms with van der Waals surface area (Å²) in [7, 11) is 3.71. The number of carbonyl (C=O) groups excluding carboxylic acids is 1. The Hall–Kier alpha value is -5.20. The summed E-state index contributed by atoms with van der Waals surface area (Å²) >= 11 is 0. The topological polar surface area (TPSA) is 126 Å². The van der Waals surface area contributed by atoms with Gasteiger partial charge in [-0.2, -0.15) is 5.26 Å². The number of hydrogen-bond donors (Lipinski definition) is 2. The summed E-state index contributed by atoms with van der Waals surface area (Å²) in [5, 5.41) is 12.0. The van der Waals surface area contributed by atoms with Crippen molar-refractivity contribution in [2.45, 2.75) is 0 Å². The van der Waals surface area contributed by atoms with Gasteiger partial charge >= 0.3 is 0 Å². The number of anilines is 2. The van der Waals surface area contributed by atoms with Gasteiger partial charge in [-0.1, -0.05) is 30.3 Å². The van der Waals surface area contributed by atoms with Crippen molar-refractivity contribution in [3.63, 3.8) is 0 Å². The highest BCUT2D eigenvalue weighted by Gasteiger charge is 2.15. The average Bonchev–Trinajstić information content (AvgIpc) is 2.91. The number of ether oxygens (including phenoxy) is 2. The largest absolute Gasteiger partial charge is 0.457 e. The molecule has 0 atom stereocenters. The minimum atomic E-state index is -0.478. The molecule has 9 nitrogen and oxygen atoms in total. The van der Waals surface area contributed by atoms with E-state index in [-0.39, 0.29) is 17.3 Å². The van der Waals surface area contributed by atoms with E-state index in [0.717, 1.165) is 11.3 Å². The van der Waals surface area contributed by atoms with Crippen molar-refractivity contribution in [1.29, 1.82) is 5.26 Å². The molecule has 1 amide bonds. The first-order chi connectivity index (χ1) is 18.4. The maximum atomic E-state index is 12.4. The number of nitrogen functional groups attached to an aromatic ring is 1. The number of benzene rings is 3. The predicted molar refractivity (Wildman–Crippen MR) is 146 cm³/mol. The number of carbonyl (C=O) groups is 1. The van der Waals surface area contributed by atoms with Crippen LogP contribution in [0.5, 0.6) is 23.1 Å². The molecular formula is C29H26N6O3. The maximum absolute atomic E-state index is 12.4. The molecule has 0 aliphatic rings. The fourth-order valence-electron chi connectivity index (χ4n) is 3.42. The smallest absolute Gasteiger partial charge is 0.266 e. The van der Waals surface area contributed by atoms with Gasteiger partial charge in [0.25, 0.3) is 5.91 Å². The molecule has 1 heterocycles. The normalized spacial score (nSPS) is 11.1. The van der Waals surface area contributed by atoms with Gasteiger partial charge in [0.1, 0.15) is 41.0 Å². The molecule has 0 saturated carbocycles. The van der Waals surface area contributed by atoms with Gasteiger partial charge in [0, 0.05) is 12.2 Å². The first-order valence-electron chi connectivity index (χ1n) is 11.7. The molecule has 9 heteroatoms. The minimum absolute atomic E-state index is 0.0420. The number of aromatic nitrogens is 2. The highest BCUT2D eigenvalue weighted by molar-refractivity contribution is 6.06. The number of nitrogens with two attached hydrogens (primary N) is 1. The molecule has 4 rings (SSSR count). The van der Waals surface area contributed by atoms with Crippen molar-refractivity contribution in [2.75, 3.05) is 31.7 Å². The zero-order valence-corrected chi connectivity index (χ0v) is 21.0. The van der Waals surface area contributed by atoms with Crippen LogP contribution in [0.15, 0.2) is 96.8 Å². The number of amides is 1. The molecule has 0 bridgehead atoms. The number of hydrogen-bond acceptors (Lipinski definition) is 8. The molecule has 0 aliphatic heterocycles. The van der Waals surface area contributed by atoms with E-state index in [0.29, 0.717) is 29.3 Å². The summed E-state index contributed by atoms with van der Waals surface area (Å²) < 4.78 is 11.9. The van der Waals surface area contributed by atoms with Gasteiger partial charge < -0.3 is 25.4 Å². The molecule has 38 heavy (non-hydrogen) atoms. The van der Waals surface area contributed by atoms with Gasteiger partial charge in [0.15, 0.2) is 0 Å². The molecule has 0 spiro atoms. The second-order valence-corrected chi connectivity index (χ2v) is 8.45. The number of nitrogens with zero attached hydrogens (tertiary/aromatic N) is 4. The molecule has 0 radical (unpaired) electrons. The molecule has 1 aromatic heterocycles. The van der Waals surface area contributed by atoms with Gasteiger partial charge in [-0.15, -0.1) is 0 Å². The van der Waals surface area contributed by atoms with E-state index in [1.165, 1.54) is 6.33 Å². The van der Waals surface area contributed by atoms with Gasteiger partial charge in [-0.05, 0) is 74.3 Å². The Morgan fingerprint density at radius 3 is 2.24 bits per heavy atom. The first kappa shape index (κ1) is 25.9. The van der Waals surface area contributed by atoms with Crippen molar-refractivity contribution in [2.24, 2.45) is 0 Å². The summed E-state index contributed by atoms with van der Waals surface area (Å²) in [6, 6.07) is 25.5. The Bertz CT molecular complexity index is 1460. The molecule has 4 aromatic rings. The number of rotatable bonds is 9. The Balaban J connectivity index is 1.48. The van der Waals surface area contributed by atoms with E-state index in [1.54, 1.807) is 30.3 Å². The van der Waals surface area contributed by atoms with E-state index in [2.05, 4.69) is 15.3 Å². The van der Waals surface area contributed by atoms with Crippen LogP contribution in [0.1, 0.15) is 0 Å². The lowest BCUT2D eigenvalue weighted by atomic mass is 10.1. The summed E-state index contributed by atoms with van der Waals surface area (Å²) in [4.78, 5) is 22.7. The average molecular weight is 507 g/mol. The van der Waals surface area contributed by atoms with Crippen molar-refractivity contribution < 1.29 is 14.3 Å². The van der Waals surface area contributed by atoms with Crippen molar-refractivity contribution in [3.05, 3.63) is 96.8 Å². The highest BCUT2D eigenvalue weighted by Crippen LogP contribution is 2.36. The summed E-state index contributed by atoms with van der Waals surface area (Å²) in [6.07, 6.45) is 2.91. The lowest BCUT2D eigenvalue weighted by Crippen LogP contribution is -2.17. The summed E-state index contributed by atoms with van der Waals surface area (Å²) in [5.74, 6) is 1.96. The highest BCUT2D eigenvalue weighted by atomic mass is 16.5. The van der Waals surface area contributed by atoms with Crippen LogP contribution < -0.4 is 20.5 Å². The predicted octanol–water partition coefficient (Wildman–Crippen LogP) is 5.26. The third-order valence-corrected chi connectivity index (χ3v) is 5.32. The van der Waals surface area contributed by atoms with E-state index in [9.17, 15) is 10.1 Å². The van der Waals surface area contributed by atoms with Crippen LogP contribution in [0.3, 0.4) is 0 Å². The van der Waals surface area contributed by atoms with Crippen molar-refractivity contribution in [1.82, 2.24) is 14.9 Å². The summed E-state index contributed by atoms with van der Waals surface area (Å²) in [5.41, 5.74) is 8.05. The van der Waals surface area contributed by atoms with Crippen molar-refractivity contribution in [3.8, 4) is 40.3 Å². The SMILES string of the molecule is CN(C)C/C=C(\C#N)C(=O)Nc1ccc(Oc2ncnc(N)c2-c2ccc(Oc3ccccc3)cc2)cc1. The van der Waals surface area contributed by atoms with Crippen LogP contribution >= 0.6 is 0 Å². The lowest BCUT2D eigenvalue weighted by Gasteiger charge is -2.13. The third-order valence-electron chi connectivity index (χ3n) is 5.32. The second kappa shape index (κ2) is 12.2. The van der Waals surface area contributed by atoms with Gasteiger partial charge in [-0.25, -0.2) is 9.97 Å². The van der Waals surface area contributed by atoms with Crippen molar-refractivity contribution >= 4 is 17.4 Å². The van der Waals surface area contributed by atoms with Gasteiger partial charge in [0.05, 0.1) is 5.56 Å². The fraction of sp³-hybridized carbons (Fsp3) is 0.103. The maximum Gasteiger partial charge on any atom is 0.266 e. The Morgan fingerprint density at radius 1 is 0.947 bits per heavy atom. The zero-order chi connectivity index (χ0) is 26.9. The van der Waals surface area contributed by atoms with Crippen LogP contribution in [0.25, 0.3) is 11.1 Å². The number of nitriles is 1. The number of para-hydroxylation sites is 1. The third kappa shape index (κ3) is 6.72. The van der Waals surface area contributed by atoms with Crippen LogP contribution in [0.4, 0.5) is 11.5 Å². The molecule has 0 aliphatic carbocycles. The lowest BCUT2D eigenvalue weighted by molar-refractivity contribution is -0.112. The molecule has 190 valence electrons. The molecule has 3 N–H and O–H groups in total. The molecule has 0 fully saturated rings. The Kier molecular flexibility index (Phi) is 8.28. The molecule has 0 saturated heterocycles. The molecule has 3 aromatic carbocycles. The number of nitrogens with one attached hydrogen (secondary N) is 1. The molecular weight excluding hydrogens is 480 g/mol. The van der Waals surface area contributed by atoms with E-state index >= 15 is 0 Å².